The monoisotopic (exact) mass is 560 g/mol. The van der Waals surface area contributed by atoms with E-state index in [-0.39, 0.29) is 17.3 Å². The van der Waals surface area contributed by atoms with Crippen molar-refractivity contribution in [3.05, 3.63) is 90.9 Å². The molecule has 2 amide bonds. The first-order valence-corrected chi connectivity index (χ1v) is 11.6. The van der Waals surface area contributed by atoms with Gasteiger partial charge in [0.2, 0.25) is 0 Å². The van der Waals surface area contributed by atoms with Crippen LogP contribution in [-0.2, 0) is 6.61 Å². The number of benzene rings is 3. The molecule has 0 aromatic heterocycles. The zero-order chi connectivity index (χ0) is 25.4. The van der Waals surface area contributed by atoms with E-state index in [1.165, 1.54) is 18.3 Å². The topological polar surface area (TPSA) is 115 Å². The molecular weight excluding hydrogens is 540 g/mol. The molecule has 2 N–H and O–H groups in total. The maximum absolute atomic E-state index is 12.1. The number of nitrogens with one attached hydrogen (secondary N) is 2. The fourth-order valence-corrected chi connectivity index (χ4v) is 3.50. The second-order valence-corrected chi connectivity index (χ2v) is 8.52. The third kappa shape index (κ3) is 7.43. The van der Waals surface area contributed by atoms with Gasteiger partial charge in [0.15, 0.2) is 11.5 Å². The molecule has 0 aliphatic carbocycles. The van der Waals surface area contributed by atoms with Crippen LogP contribution in [0.4, 0.5) is 16.2 Å². The standard InChI is InChI=1S/C24H22BrClN4O5/c1-3-34-22-12-17(13-27-29-24(31)28-18-6-9-20(25)15(2)10-18)11-21(26)23(22)35-14-16-4-7-19(8-5-16)30(32)33/h4-13H,3,14H2,1-2H3,(H2,28,29,31)/b27-13+. The molecule has 9 nitrogen and oxygen atoms in total. The lowest BCUT2D eigenvalue weighted by Gasteiger charge is -2.14. The number of nitro benzene ring substituents is 1. The zero-order valence-electron chi connectivity index (χ0n) is 18.9. The second kappa shape index (κ2) is 12.2. The van der Waals surface area contributed by atoms with E-state index >= 15 is 0 Å². The van der Waals surface area contributed by atoms with Gasteiger partial charge in [-0.1, -0.05) is 27.5 Å². The highest BCUT2D eigenvalue weighted by Crippen LogP contribution is 2.37. The molecule has 0 fully saturated rings. The molecule has 3 rings (SSSR count). The summed E-state index contributed by atoms with van der Waals surface area (Å²) in [5, 5.41) is 17.7. The summed E-state index contributed by atoms with van der Waals surface area (Å²) in [7, 11) is 0. The normalized spacial score (nSPS) is 10.7. The number of carbonyl (C=O) groups is 1. The first kappa shape index (κ1) is 26.0. The molecule has 0 saturated heterocycles. The van der Waals surface area contributed by atoms with Gasteiger partial charge in [0.05, 0.1) is 22.8 Å². The Kier molecular flexibility index (Phi) is 9.04. The number of carbonyl (C=O) groups excluding carboxylic acids is 1. The molecule has 0 atom stereocenters. The number of nitro groups is 1. The SMILES string of the molecule is CCOc1cc(/C=N/NC(=O)Nc2ccc(Br)c(C)c2)cc(Cl)c1OCc1ccc([N+](=O)[O-])cc1. The average Bonchev–Trinajstić information content (AvgIpc) is 2.81. The van der Waals surface area contributed by atoms with E-state index < -0.39 is 11.0 Å². The summed E-state index contributed by atoms with van der Waals surface area (Å²) in [6.45, 7) is 4.26. The summed E-state index contributed by atoms with van der Waals surface area (Å²) in [5.41, 5.74) is 5.34. The number of urea groups is 1. The Morgan fingerprint density at radius 1 is 1.17 bits per heavy atom. The molecule has 0 radical (unpaired) electrons. The second-order valence-electron chi connectivity index (χ2n) is 7.26. The van der Waals surface area contributed by atoms with Crippen molar-refractivity contribution >= 4 is 51.2 Å². The van der Waals surface area contributed by atoms with Gasteiger partial charge in [-0.2, -0.15) is 5.10 Å². The number of hydrazone groups is 1. The van der Waals surface area contributed by atoms with E-state index in [9.17, 15) is 14.9 Å². The van der Waals surface area contributed by atoms with Gasteiger partial charge in [0, 0.05) is 22.3 Å². The lowest BCUT2D eigenvalue weighted by Crippen LogP contribution is -2.24. The number of amides is 2. The van der Waals surface area contributed by atoms with E-state index in [1.807, 2.05) is 26.0 Å². The minimum absolute atomic E-state index is 0.000302. The van der Waals surface area contributed by atoms with E-state index in [1.54, 1.807) is 30.3 Å². The molecule has 3 aromatic carbocycles. The van der Waals surface area contributed by atoms with E-state index in [4.69, 9.17) is 21.1 Å². The summed E-state index contributed by atoms with van der Waals surface area (Å²) in [5.74, 6) is 0.735. The van der Waals surface area contributed by atoms with Crippen molar-refractivity contribution in [1.29, 1.82) is 0 Å². The van der Waals surface area contributed by atoms with Crippen LogP contribution in [0.5, 0.6) is 11.5 Å². The Morgan fingerprint density at radius 3 is 2.57 bits per heavy atom. The average molecular weight is 562 g/mol. The van der Waals surface area contributed by atoms with Crippen molar-refractivity contribution in [1.82, 2.24) is 5.43 Å². The third-order valence-corrected chi connectivity index (χ3v) is 5.83. The van der Waals surface area contributed by atoms with Gasteiger partial charge >= 0.3 is 6.03 Å². The van der Waals surface area contributed by atoms with Crippen molar-refractivity contribution in [3.63, 3.8) is 0 Å². The molecule has 0 saturated carbocycles. The largest absolute Gasteiger partial charge is 0.490 e. The summed E-state index contributed by atoms with van der Waals surface area (Å²) in [6, 6.07) is 14.3. The number of nitrogens with zero attached hydrogens (tertiary/aromatic N) is 2. The molecule has 0 heterocycles. The van der Waals surface area contributed by atoms with Crippen LogP contribution in [0.2, 0.25) is 5.02 Å². The minimum Gasteiger partial charge on any atom is -0.490 e. The van der Waals surface area contributed by atoms with Gasteiger partial charge in [0.1, 0.15) is 6.61 Å². The number of anilines is 1. The molecule has 0 unspecified atom stereocenters. The Morgan fingerprint density at radius 2 is 1.91 bits per heavy atom. The van der Waals surface area contributed by atoms with Gasteiger partial charge in [-0.15, -0.1) is 0 Å². The van der Waals surface area contributed by atoms with Crippen LogP contribution in [0.3, 0.4) is 0 Å². The number of ether oxygens (including phenoxy) is 2. The summed E-state index contributed by atoms with van der Waals surface area (Å²) in [4.78, 5) is 22.5. The summed E-state index contributed by atoms with van der Waals surface area (Å²) in [6.07, 6.45) is 1.43. The Hall–Kier alpha value is -3.63. The molecule has 11 heteroatoms. The van der Waals surface area contributed by atoms with Crippen LogP contribution >= 0.6 is 27.5 Å². The molecule has 35 heavy (non-hydrogen) atoms. The molecule has 0 spiro atoms. The number of rotatable bonds is 9. The lowest BCUT2D eigenvalue weighted by molar-refractivity contribution is -0.384. The van der Waals surface area contributed by atoms with Crippen molar-refractivity contribution in [3.8, 4) is 11.5 Å². The van der Waals surface area contributed by atoms with E-state index in [0.29, 0.717) is 29.4 Å². The van der Waals surface area contributed by atoms with Crippen molar-refractivity contribution < 1.29 is 19.2 Å². The molecule has 182 valence electrons. The Balaban J connectivity index is 1.65. The first-order chi connectivity index (χ1) is 16.8. The maximum atomic E-state index is 12.1. The van der Waals surface area contributed by atoms with Crippen molar-refractivity contribution in [2.75, 3.05) is 11.9 Å². The minimum atomic E-state index is -0.498. The molecule has 0 bridgehead atoms. The first-order valence-electron chi connectivity index (χ1n) is 10.5. The summed E-state index contributed by atoms with van der Waals surface area (Å²) < 4.78 is 12.4. The van der Waals surface area contributed by atoms with E-state index in [0.717, 1.165) is 15.6 Å². The molecule has 0 aliphatic rings. The van der Waals surface area contributed by atoms with Gasteiger partial charge in [-0.3, -0.25) is 10.1 Å². The van der Waals surface area contributed by atoms with E-state index in [2.05, 4.69) is 31.8 Å². The number of aryl methyl sites for hydroxylation is 1. The fourth-order valence-electron chi connectivity index (χ4n) is 2.98. The third-order valence-electron chi connectivity index (χ3n) is 4.66. The number of non-ortho nitro benzene ring substituents is 1. The highest BCUT2D eigenvalue weighted by atomic mass is 79.9. The van der Waals surface area contributed by atoms with Crippen LogP contribution in [0.25, 0.3) is 0 Å². The maximum Gasteiger partial charge on any atom is 0.339 e. The van der Waals surface area contributed by atoms with Gasteiger partial charge in [0.25, 0.3) is 5.69 Å². The highest BCUT2D eigenvalue weighted by molar-refractivity contribution is 9.10. The van der Waals surface area contributed by atoms with Crippen LogP contribution in [0.1, 0.15) is 23.6 Å². The van der Waals surface area contributed by atoms with Crippen molar-refractivity contribution in [2.24, 2.45) is 5.10 Å². The molecule has 3 aromatic rings. The van der Waals surface area contributed by atoms with Crippen LogP contribution in [0.15, 0.2) is 64.2 Å². The number of halogens is 2. The van der Waals surface area contributed by atoms with Crippen LogP contribution in [-0.4, -0.2) is 23.8 Å². The van der Waals surface area contributed by atoms with Crippen LogP contribution in [0, 0.1) is 17.0 Å². The zero-order valence-corrected chi connectivity index (χ0v) is 21.2. The van der Waals surface area contributed by atoms with Gasteiger partial charge in [-0.25, -0.2) is 10.2 Å². The Bertz CT molecular complexity index is 1250. The summed E-state index contributed by atoms with van der Waals surface area (Å²) >= 11 is 9.84. The quantitative estimate of drug-likeness (QED) is 0.177. The predicted molar refractivity (Wildman–Crippen MR) is 139 cm³/mol. The number of hydrogen-bond acceptors (Lipinski definition) is 6. The smallest absolute Gasteiger partial charge is 0.339 e. The number of hydrogen-bond donors (Lipinski definition) is 2. The molecule has 0 aliphatic heterocycles. The predicted octanol–water partition coefficient (Wildman–Crippen LogP) is 6.45. The Labute approximate surface area is 215 Å². The van der Waals surface area contributed by atoms with Crippen LogP contribution < -0.4 is 20.2 Å². The lowest BCUT2D eigenvalue weighted by atomic mass is 10.2. The van der Waals surface area contributed by atoms with Crippen molar-refractivity contribution in [2.45, 2.75) is 20.5 Å². The highest BCUT2D eigenvalue weighted by Gasteiger charge is 2.13. The van der Waals surface area contributed by atoms with Gasteiger partial charge < -0.3 is 14.8 Å². The molecular formula is C24H22BrClN4O5. The van der Waals surface area contributed by atoms with Gasteiger partial charge in [-0.05, 0) is 73.0 Å². The fraction of sp³-hybridized carbons (Fsp3) is 0.167.